The van der Waals surface area contributed by atoms with Gasteiger partial charge in [-0.1, -0.05) is 6.07 Å². The minimum atomic E-state index is -2.93. The van der Waals surface area contributed by atoms with Crippen molar-refractivity contribution >= 4 is 16.7 Å². The van der Waals surface area contributed by atoms with Crippen LogP contribution in [0.4, 0.5) is 19.0 Å². The van der Waals surface area contributed by atoms with E-state index in [1.54, 1.807) is 6.07 Å². The zero-order valence-corrected chi connectivity index (χ0v) is 17.8. The maximum atomic E-state index is 14.6. The van der Waals surface area contributed by atoms with Crippen LogP contribution < -0.4 is 5.32 Å². The highest BCUT2D eigenvalue weighted by Gasteiger charge is 2.19. The van der Waals surface area contributed by atoms with Crippen molar-refractivity contribution in [1.29, 1.82) is 0 Å². The molecule has 0 bridgehead atoms. The third kappa shape index (κ3) is 4.29. The topological polar surface area (TPSA) is 107 Å². The summed E-state index contributed by atoms with van der Waals surface area (Å²) in [6.07, 6.45) is -2.93. The van der Waals surface area contributed by atoms with Gasteiger partial charge in [-0.25, -0.2) is 9.37 Å². The fourth-order valence-corrected chi connectivity index (χ4v) is 3.40. The molecule has 5 rings (SSSR count). The molecule has 5 aromatic rings. The molecular weight excluding hydrogens is 449 g/mol. The summed E-state index contributed by atoms with van der Waals surface area (Å²) in [7, 11) is 0. The number of halogens is 3. The molecule has 0 unspecified atom stereocenters. The Bertz CT molecular complexity index is 1470. The van der Waals surface area contributed by atoms with Crippen LogP contribution in [0, 0.1) is 5.82 Å². The van der Waals surface area contributed by atoms with E-state index in [4.69, 9.17) is 4.42 Å². The molecule has 34 heavy (non-hydrogen) atoms. The molecule has 0 atom stereocenters. The molecule has 0 amide bonds. The van der Waals surface area contributed by atoms with Gasteiger partial charge in [0.15, 0.2) is 0 Å². The number of fused-ring (bicyclic) bond motifs is 1. The number of nitrogens with one attached hydrogen (secondary N) is 1. The molecule has 0 fully saturated rings. The molecule has 0 aliphatic rings. The molecule has 12 heteroatoms. The summed E-state index contributed by atoms with van der Waals surface area (Å²) in [5, 5.41) is 23.3. The maximum absolute atomic E-state index is 14.6. The highest BCUT2D eigenvalue weighted by molar-refractivity contribution is 5.84. The van der Waals surface area contributed by atoms with E-state index in [-0.39, 0.29) is 18.0 Å². The third-order valence-electron chi connectivity index (χ3n) is 4.97. The highest BCUT2D eigenvalue weighted by Crippen LogP contribution is 2.26. The lowest BCUT2D eigenvalue weighted by molar-refractivity contribution is 0.116. The van der Waals surface area contributed by atoms with Crippen LogP contribution in [0.3, 0.4) is 0 Å². The first-order chi connectivity index (χ1) is 16.5. The first-order valence-corrected chi connectivity index (χ1v) is 10.3. The van der Waals surface area contributed by atoms with E-state index in [0.29, 0.717) is 11.4 Å². The summed E-state index contributed by atoms with van der Waals surface area (Å²) in [4.78, 5) is 5.88. The summed E-state index contributed by atoms with van der Waals surface area (Å²) < 4.78 is 44.6. The molecular formula is C22H17F3N8O. The number of nitrogens with zero attached hydrogens (tertiary/aromatic N) is 7. The van der Waals surface area contributed by atoms with Gasteiger partial charge in [0.05, 0.1) is 17.6 Å². The fraction of sp³-hybridized carbons (Fsp3) is 0.182. The summed E-state index contributed by atoms with van der Waals surface area (Å²) >= 11 is 0. The van der Waals surface area contributed by atoms with E-state index in [9.17, 15) is 13.2 Å². The van der Waals surface area contributed by atoms with Crippen molar-refractivity contribution in [2.45, 2.75) is 19.9 Å². The van der Waals surface area contributed by atoms with Crippen LogP contribution in [0.2, 0.25) is 0 Å². The maximum Gasteiger partial charge on any atom is 0.314 e. The van der Waals surface area contributed by atoms with Crippen LogP contribution in [-0.2, 0) is 6.54 Å². The first-order valence-electron chi connectivity index (χ1n) is 10.3. The lowest BCUT2D eigenvalue weighted by Gasteiger charge is -2.05. The van der Waals surface area contributed by atoms with Crippen molar-refractivity contribution in [2.75, 3.05) is 11.9 Å². The molecule has 9 nitrogen and oxygen atoms in total. The summed E-state index contributed by atoms with van der Waals surface area (Å²) in [5.41, 5.74) is 2.08. The average Bonchev–Trinajstić information content (AvgIpc) is 3.49. The Balaban J connectivity index is 1.34. The third-order valence-corrected chi connectivity index (χ3v) is 4.97. The second-order valence-corrected chi connectivity index (χ2v) is 7.34. The lowest BCUT2D eigenvalue weighted by Crippen LogP contribution is -2.04. The minimum Gasteiger partial charge on any atom is -0.415 e. The minimum absolute atomic E-state index is 0.0718. The van der Waals surface area contributed by atoms with Crippen LogP contribution in [0.1, 0.15) is 24.8 Å². The molecule has 0 saturated heterocycles. The van der Waals surface area contributed by atoms with Gasteiger partial charge in [-0.3, -0.25) is 0 Å². The molecule has 0 aliphatic carbocycles. The quantitative estimate of drug-likeness (QED) is 0.374. The summed E-state index contributed by atoms with van der Waals surface area (Å²) in [6.45, 7) is 2.94. The number of hydrogen-bond acceptors (Lipinski definition) is 8. The summed E-state index contributed by atoms with van der Waals surface area (Å²) in [5.74, 6) is -0.649. The van der Waals surface area contributed by atoms with Gasteiger partial charge in [-0.15, -0.1) is 20.4 Å². The normalized spacial score (nSPS) is 11.4. The van der Waals surface area contributed by atoms with Gasteiger partial charge in [0.2, 0.25) is 5.82 Å². The van der Waals surface area contributed by atoms with Gasteiger partial charge in [0.25, 0.3) is 11.8 Å². The molecule has 172 valence electrons. The van der Waals surface area contributed by atoms with E-state index >= 15 is 0 Å². The predicted molar refractivity (Wildman–Crippen MR) is 116 cm³/mol. The molecule has 0 radical (unpaired) electrons. The molecule has 3 aromatic heterocycles. The van der Waals surface area contributed by atoms with Gasteiger partial charge in [0, 0.05) is 17.5 Å². The zero-order valence-electron chi connectivity index (χ0n) is 17.8. The van der Waals surface area contributed by atoms with Crippen LogP contribution in [0.15, 0.2) is 52.9 Å². The fourth-order valence-electron chi connectivity index (χ4n) is 3.40. The molecule has 0 aliphatic heterocycles. The Morgan fingerprint density at radius 1 is 1.03 bits per heavy atom. The highest BCUT2D eigenvalue weighted by atomic mass is 19.3. The van der Waals surface area contributed by atoms with Crippen molar-refractivity contribution in [3.05, 3.63) is 65.8 Å². The number of anilines is 1. The molecule has 1 N–H and O–H groups in total. The van der Waals surface area contributed by atoms with Crippen molar-refractivity contribution < 1.29 is 17.6 Å². The van der Waals surface area contributed by atoms with Crippen LogP contribution in [0.5, 0.6) is 0 Å². The van der Waals surface area contributed by atoms with Crippen molar-refractivity contribution in [3.63, 3.8) is 0 Å². The van der Waals surface area contributed by atoms with Crippen LogP contribution in [-0.4, -0.2) is 41.9 Å². The number of aromatic nitrogens is 7. The number of rotatable bonds is 7. The zero-order chi connectivity index (χ0) is 23.7. The van der Waals surface area contributed by atoms with E-state index < -0.39 is 18.1 Å². The number of pyridine rings is 1. The number of benzene rings is 2. The van der Waals surface area contributed by atoms with Gasteiger partial charge >= 0.3 is 6.43 Å². The van der Waals surface area contributed by atoms with E-state index in [2.05, 4.69) is 35.9 Å². The second-order valence-electron chi connectivity index (χ2n) is 7.34. The van der Waals surface area contributed by atoms with E-state index in [1.807, 2.05) is 37.3 Å². The van der Waals surface area contributed by atoms with Crippen molar-refractivity contribution in [3.8, 4) is 22.8 Å². The largest absolute Gasteiger partial charge is 0.415 e. The number of alkyl halides is 2. The first kappa shape index (κ1) is 21.5. The Morgan fingerprint density at radius 3 is 2.68 bits per heavy atom. The number of tetrazole rings is 1. The van der Waals surface area contributed by atoms with Gasteiger partial charge in [0.1, 0.15) is 11.6 Å². The smallest absolute Gasteiger partial charge is 0.314 e. The molecule has 0 spiro atoms. The average molecular weight is 466 g/mol. The van der Waals surface area contributed by atoms with Crippen LogP contribution >= 0.6 is 0 Å². The number of hydrogen-bond donors (Lipinski definition) is 1. The van der Waals surface area contributed by atoms with Gasteiger partial charge in [-0.2, -0.15) is 13.6 Å². The Morgan fingerprint density at radius 2 is 1.91 bits per heavy atom. The Hall–Kier alpha value is -4.35. The van der Waals surface area contributed by atoms with Crippen molar-refractivity contribution in [2.24, 2.45) is 0 Å². The Kier molecular flexibility index (Phi) is 5.62. The lowest BCUT2D eigenvalue weighted by atomic mass is 10.1. The van der Waals surface area contributed by atoms with E-state index in [0.717, 1.165) is 28.8 Å². The predicted octanol–water partition coefficient (Wildman–Crippen LogP) is 4.50. The second kappa shape index (κ2) is 8.89. The van der Waals surface area contributed by atoms with Gasteiger partial charge < -0.3 is 9.73 Å². The summed E-state index contributed by atoms with van der Waals surface area (Å²) in [6, 6.07) is 13.7. The van der Waals surface area contributed by atoms with Gasteiger partial charge in [-0.05, 0) is 60.2 Å². The monoisotopic (exact) mass is 466 g/mol. The molecule has 3 heterocycles. The van der Waals surface area contributed by atoms with Crippen LogP contribution in [0.25, 0.3) is 33.7 Å². The molecule has 2 aromatic carbocycles. The van der Waals surface area contributed by atoms with E-state index in [1.165, 1.54) is 16.9 Å². The Labute approximate surface area is 190 Å². The molecule has 0 saturated carbocycles. The van der Waals surface area contributed by atoms with Crippen molar-refractivity contribution in [1.82, 2.24) is 35.4 Å². The SMILES string of the molecule is CCNc1ccc2cc(-c3nnn(Cc4ccc(-c5nnc(C(F)F)o5)c(F)c4)n3)ccc2n1. The standard InChI is InChI=1S/C22H17F3N8O/c1-2-26-18-8-5-13-10-14(4-7-17(13)27-18)20-28-32-33(31-20)11-12-3-6-15(16(23)9-12)21-29-30-22(34-21)19(24)25/h3-10,19H,2,11H2,1H3,(H,26,27).